The zero-order valence-corrected chi connectivity index (χ0v) is 11.9. The van der Waals surface area contributed by atoms with Gasteiger partial charge in [0.15, 0.2) is 0 Å². The Hall–Kier alpha value is -1.28. The fourth-order valence-electron chi connectivity index (χ4n) is 1.83. The largest absolute Gasteiger partial charge is 0.462 e. The lowest BCUT2D eigenvalue weighted by atomic mass is 9.93. The highest BCUT2D eigenvalue weighted by Gasteiger charge is 2.20. The number of ether oxygens (including phenoxy) is 1. The van der Waals surface area contributed by atoms with Crippen LogP contribution in [-0.4, -0.2) is 12.6 Å². The van der Waals surface area contributed by atoms with E-state index in [4.69, 9.17) is 16.3 Å². The summed E-state index contributed by atoms with van der Waals surface area (Å²) in [4.78, 5) is 10.6. The fraction of sp³-hybridized carbons (Fsp3) is 0.400. The molecule has 18 heavy (non-hydrogen) atoms. The van der Waals surface area contributed by atoms with Crippen molar-refractivity contribution in [1.29, 1.82) is 0 Å². The van der Waals surface area contributed by atoms with Crippen molar-refractivity contribution in [2.45, 2.75) is 32.1 Å². The predicted octanol–water partition coefficient (Wildman–Crippen LogP) is 3.74. The maximum Gasteiger partial charge on any atom is 0.330 e. The second-order valence-corrected chi connectivity index (χ2v) is 5.70. The third-order valence-electron chi connectivity index (χ3n) is 2.68. The summed E-state index contributed by atoms with van der Waals surface area (Å²) in [7, 11) is 0. The van der Waals surface area contributed by atoms with Crippen LogP contribution in [0.2, 0.25) is 0 Å². The fourth-order valence-corrected chi connectivity index (χ4v) is 2.01. The molecular weight excluding hydrogens is 248 g/mol. The van der Waals surface area contributed by atoms with Crippen LogP contribution in [0.5, 0.6) is 0 Å². The van der Waals surface area contributed by atoms with Crippen molar-refractivity contribution in [1.82, 2.24) is 0 Å². The normalized spacial score (nSPS) is 11.1. The number of rotatable bonds is 5. The Morgan fingerprint density at radius 3 is 2.72 bits per heavy atom. The van der Waals surface area contributed by atoms with E-state index >= 15 is 0 Å². The molecule has 1 aromatic carbocycles. The first kappa shape index (κ1) is 14.8. The summed E-state index contributed by atoms with van der Waals surface area (Å²) in [6.07, 6.45) is 1.83. The minimum Gasteiger partial charge on any atom is -0.462 e. The van der Waals surface area contributed by atoms with Gasteiger partial charge in [0.05, 0.1) is 11.5 Å². The Balaban J connectivity index is 2.83. The molecule has 0 atom stereocenters. The van der Waals surface area contributed by atoms with E-state index in [1.807, 2.05) is 32.9 Å². The number of carbonyl (C=O) groups excluding carboxylic acids is 1. The van der Waals surface area contributed by atoms with E-state index < -0.39 is 10.8 Å². The maximum atomic E-state index is 11.0. The molecule has 3 heteroatoms. The van der Waals surface area contributed by atoms with E-state index in [2.05, 4.69) is 12.6 Å². The molecule has 0 saturated carbocycles. The highest BCUT2D eigenvalue weighted by Crippen LogP contribution is 2.31. The molecule has 0 aliphatic carbocycles. The topological polar surface area (TPSA) is 26.3 Å². The first-order chi connectivity index (χ1) is 8.34. The molecule has 0 unspecified atom stereocenters. The van der Waals surface area contributed by atoms with Gasteiger partial charge < -0.3 is 4.74 Å². The standard InChI is InChI=1S/C15H19ClO2/c1-5-14(17)18-9-8-12-10-11(2)6-7-13(12)15(3,4)16/h5-7,10H,1,8-9H2,2-4H3. The van der Waals surface area contributed by atoms with E-state index in [9.17, 15) is 4.79 Å². The smallest absolute Gasteiger partial charge is 0.330 e. The molecule has 0 saturated heterocycles. The molecule has 0 bridgehead atoms. The SMILES string of the molecule is C=CC(=O)OCCc1cc(C)ccc1C(C)(C)Cl. The van der Waals surface area contributed by atoms with Gasteiger partial charge in [-0.05, 0) is 31.9 Å². The van der Waals surface area contributed by atoms with Gasteiger partial charge in [-0.1, -0.05) is 30.3 Å². The van der Waals surface area contributed by atoms with Crippen molar-refractivity contribution in [2.75, 3.05) is 6.61 Å². The molecule has 1 rings (SSSR count). The first-order valence-electron chi connectivity index (χ1n) is 5.92. The molecule has 0 heterocycles. The number of hydrogen-bond acceptors (Lipinski definition) is 2. The van der Waals surface area contributed by atoms with E-state index in [1.165, 1.54) is 11.6 Å². The van der Waals surface area contributed by atoms with Gasteiger partial charge in [0.25, 0.3) is 0 Å². The van der Waals surface area contributed by atoms with Gasteiger partial charge in [-0.2, -0.15) is 0 Å². The van der Waals surface area contributed by atoms with Crippen molar-refractivity contribution in [3.05, 3.63) is 47.5 Å². The summed E-state index contributed by atoms with van der Waals surface area (Å²) >= 11 is 6.36. The molecule has 0 aromatic heterocycles. The summed E-state index contributed by atoms with van der Waals surface area (Å²) < 4.78 is 5.00. The summed E-state index contributed by atoms with van der Waals surface area (Å²) in [5.41, 5.74) is 3.36. The Bertz CT molecular complexity index is 444. The third kappa shape index (κ3) is 4.19. The van der Waals surface area contributed by atoms with Crippen LogP contribution < -0.4 is 0 Å². The molecule has 0 aliphatic rings. The quantitative estimate of drug-likeness (QED) is 0.461. The number of aryl methyl sites for hydroxylation is 1. The predicted molar refractivity (Wildman–Crippen MR) is 74.9 cm³/mol. The van der Waals surface area contributed by atoms with Crippen molar-refractivity contribution in [3.8, 4) is 0 Å². The van der Waals surface area contributed by atoms with E-state index in [0.29, 0.717) is 13.0 Å². The molecule has 0 spiro atoms. The number of halogens is 1. The molecule has 2 nitrogen and oxygen atoms in total. The average Bonchev–Trinajstić information content (AvgIpc) is 2.27. The monoisotopic (exact) mass is 266 g/mol. The van der Waals surface area contributed by atoms with Crippen LogP contribution in [0.1, 0.15) is 30.5 Å². The van der Waals surface area contributed by atoms with Gasteiger partial charge in [0.1, 0.15) is 0 Å². The van der Waals surface area contributed by atoms with Gasteiger partial charge in [0, 0.05) is 12.5 Å². The lowest BCUT2D eigenvalue weighted by Gasteiger charge is -2.21. The molecule has 0 radical (unpaired) electrons. The van der Waals surface area contributed by atoms with Crippen LogP contribution in [0.4, 0.5) is 0 Å². The van der Waals surface area contributed by atoms with Gasteiger partial charge in [0.2, 0.25) is 0 Å². The summed E-state index contributed by atoms with van der Waals surface area (Å²) in [5, 5.41) is 0. The van der Waals surface area contributed by atoms with Crippen molar-refractivity contribution < 1.29 is 9.53 Å². The summed E-state index contributed by atoms with van der Waals surface area (Å²) in [5.74, 6) is -0.394. The van der Waals surface area contributed by atoms with E-state index in [-0.39, 0.29) is 0 Å². The van der Waals surface area contributed by atoms with Crippen molar-refractivity contribution >= 4 is 17.6 Å². The Morgan fingerprint density at radius 1 is 1.50 bits per heavy atom. The molecular formula is C15H19ClO2. The Labute approximate surface area is 114 Å². The van der Waals surface area contributed by atoms with Crippen molar-refractivity contribution in [2.24, 2.45) is 0 Å². The first-order valence-corrected chi connectivity index (χ1v) is 6.30. The van der Waals surface area contributed by atoms with Gasteiger partial charge >= 0.3 is 5.97 Å². The van der Waals surface area contributed by atoms with Gasteiger partial charge in [-0.3, -0.25) is 0 Å². The minimum absolute atomic E-state index is 0.342. The van der Waals surface area contributed by atoms with Crippen molar-refractivity contribution in [3.63, 3.8) is 0 Å². The minimum atomic E-state index is -0.425. The average molecular weight is 267 g/mol. The number of benzene rings is 1. The molecule has 0 amide bonds. The maximum absolute atomic E-state index is 11.0. The second kappa shape index (κ2) is 6.05. The Morgan fingerprint density at radius 2 is 2.17 bits per heavy atom. The van der Waals surface area contributed by atoms with Crippen LogP contribution in [0.25, 0.3) is 0 Å². The third-order valence-corrected chi connectivity index (χ3v) is 2.89. The van der Waals surface area contributed by atoms with Crippen LogP contribution in [0, 0.1) is 6.92 Å². The van der Waals surface area contributed by atoms with Crippen LogP contribution in [0.3, 0.4) is 0 Å². The zero-order valence-electron chi connectivity index (χ0n) is 11.1. The number of carbonyl (C=O) groups is 1. The van der Waals surface area contributed by atoms with Crippen LogP contribution in [-0.2, 0) is 20.8 Å². The summed E-state index contributed by atoms with van der Waals surface area (Å²) in [6.45, 7) is 9.65. The van der Waals surface area contributed by atoms with Crippen LogP contribution in [0.15, 0.2) is 30.9 Å². The van der Waals surface area contributed by atoms with E-state index in [1.54, 1.807) is 0 Å². The number of alkyl halides is 1. The second-order valence-electron chi connectivity index (χ2n) is 4.75. The highest BCUT2D eigenvalue weighted by atomic mass is 35.5. The molecule has 0 aliphatic heterocycles. The highest BCUT2D eigenvalue weighted by molar-refractivity contribution is 6.23. The molecule has 0 fully saturated rings. The lowest BCUT2D eigenvalue weighted by Crippen LogP contribution is -2.13. The van der Waals surface area contributed by atoms with Gasteiger partial charge in [-0.25, -0.2) is 4.79 Å². The zero-order chi connectivity index (χ0) is 13.8. The number of esters is 1. The molecule has 1 aromatic rings. The molecule has 98 valence electrons. The van der Waals surface area contributed by atoms with Gasteiger partial charge in [-0.15, -0.1) is 11.6 Å². The summed E-state index contributed by atoms with van der Waals surface area (Å²) in [6, 6.07) is 6.16. The lowest BCUT2D eigenvalue weighted by molar-refractivity contribution is -0.137. The van der Waals surface area contributed by atoms with Crippen LogP contribution >= 0.6 is 11.6 Å². The van der Waals surface area contributed by atoms with E-state index in [0.717, 1.165) is 11.1 Å². The molecule has 0 N–H and O–H groups in total. The number of hydrogen-bond donors (Lipinski definition) is 0. The Kier molecular flexibility index (Phi) is 4.97.